The first kappa shape index (κ1) is 12.4. The standard InChI is InChI=1S/C10H10N4O3S/c1-12-10-13-9(14-17-10)7-4-3-5-8(6-7)18(11,15)16-2/h3-6,11H,1H2,2H3. The van der Waals surface area contributed by atoms with Gasteiger partial charge in [-0.1, -0.05) is 17.3 Å². The summed E-state index contributed by atoms with van der Waals surface area (Å²) in [4.78, 5) is 7.68. The fourth-order valence-corrected chi connectivity index (χ4v) is 2.03. The Hall–Kier alpha value is -2.06. The Morgan fingerprint density at radius 1 is 1.56 bits per heavy atom. The van der Waals surface area contributed by atoms with E-state index >= 15 is 0 Å². The predicted octanol–water partition coefficient (Wildman–Crippen LogP) is 2.04. The molecule has 1 N–H and O–H groups in total. The molecule has 94 valence electrons. The molecule has 1 aromatic heterocycles. The van der Waals surface area contributed by atoms with Crippen LogP contribution in [0.15, 0.2) is 38.7 Å². The second kappa shape index (κ2) is 4.67. The summed E-state index contributed by atoms with van der Waals surface area (Å²) in [7, 11) is -2.03. The summed E-state index contributed by atoms with van der Waals surface area (Å²) < 4.78 is 28.7. The Bertz CT molecular complexity index is 678. The zero-order valence-corrected chi connectivity index (χ0v) is 10.3. The quantitative estimate of drug-likeness (QED) is 0.853. The van der Waals surface area contributed by atoms with Crippen LogP contribution < -0.4 is 0 Å². The number of nitrogens with zero attached hydrogens (tertiary/aromatic N) is 3. The molecule has 0 fully saturated rings. The smallest absolute Gasteiger partial charge is 0.313 e. The molecule has 8 heteroatoms. The van der Waals surface area contributed by atoms with Gasteiger partial charge in [0.1, 0.15) is 0 Å². The van der Waals surface area contributed by atoms with Crippen molar-refractivity contribution in [2.24, 2.45) is 4.99 Å². The third-order valence-corrected chi connectivity index (χ3v) is 3.53. The molecule has 0 bridgehead atoms. The number of rotatable bonds is 4. The van der Waals surface area contributed by atoms with Crippen LogP contribution >= 0.6 is 0 Å². The second-order valence-electron chi connectivity index (χ2n) is 3.26. The zero-order chi connectivity index (χ0) is 13.2. The van der Waals surface area contributed by atoms with E-state index in [2.05, 4.69) is 26.0 Å². The summed E-state index contributed by atoms with van der Waals surface area (Å²) in [6.45, 7) is 3.27. The lowest BCUT2D eigenvalue weighted by atomic mass is 10.2. The Morgan fingerprint density at radius 3 is 2.94 bits per heavy atom. The minimum absolute atomic E-state index is 0.0498. The van der Waals surface area contributed by atoms with Crippen molar-refractivity contribution in [3.05, 3.63) is 24.3 Å². The van der Waals surface area contributed by atoms with Crippen LogP contribution in [0.5, 0.6) is 0 Å². The molecule has 1 aromatic carbocycles. The van der Waals surface area contributed by atoms with Crippen LogP contribution in [-0.2, 0) is 14.2 Å². The molecule has 1 unspecified atom stereocenters. The van der Waals surface area contributed by atoms with Gasteiger partial charge in [-0.05, 0) is 18.9 Å². The molecule has 0 aliphatic rings. The first-order valence-electron chi connectivity index (χ1n) is 4.82. The predicted molar refractivity (Wildman–Crippen MR) is 65.1 cm³/mol. The molecule has 18 heavy (non-hydrogen) atoms. The SMILES string of the molecule is C=Nc1nc(-c2cccc(S(=N)(=O)OC)c2)no1. The largest absolute Gasteiger partial charge is 0.347 e. The third-order valence-electron chi connectivity index (χ3n) is 2.19. The van der Waals surface area contributed by atoms with Gasteiger partial charge in [0.05, 0.1) is 12.0 Å². The van der Waals surface area contributed by atoms with Gasteiger partial charge in [-0.25, -0.2) is 14.0 Å². The highest BCUT2D eigenvalue weighted by molar-refractivity contribution is 7.87. The summed E-state index contributed by atoms with van der Waals surface area (Å²) in [5.74, 6) is 0.283. The van der Waals surface area contributed by atoms with Gasteiger partial charge in [-0.15, -0.1) is 0 Å². The lowest BCUT2D eigenvalue weighted by Gasteiger charge is -2.04. The van der Waals surface area contributed by atoms with Gasteiger partial charge in [0.25, 0.3) is 0 Å². The molecule has 1 atom stereocenters. The normalized spacial score (nSPS) is 14.1. The maximum absolute atomic E-state index is 11.8. The van der Waals surface area contributed by atoms with E-state index in [0.29, 0.717) is 5.56 Å². The van der Waals surface area contributed by atoms with Gasteiger partial charge >= 0.3 is 6.01 Å². The van der Waals surface area contributed by atoms with Crippen molar-refractivity contribution in [3.63, 3.8) is 0 Å². The first-order chi connectivity index (χ1) is 8.56. The number of benzene rings is 1. The first-order valence-corrected chi connectivity index (χ1v) is 6.30. The molecule has 0 aliphatic carbocycles. The van der Waals surface area contributed by atoms with Gasteiger partial charge in [-0.2, -0.15) is 4.98 Å². The van der Waals surface area contributed by atoms with E-state index < -0.39 is 10.0 Å². The lowest BCUT2D eigenvalue weighted by molar-refractivity contribution is 0.430. The van der Waals surface area contributed by atoms with Crippen LogP contribution in [0.4, 0.5) is 6.01 Å². The average Bonchev–Trinajstić information content (AvgIpc) is 2.88. The molecule has 0 aliphatic heterocycles. The van der Waals surface area contributed by atoms with Crippen molar-refractivity contribution >= 4 is 22.7 Å². The number of aliphatic imine (C=N–C) groups is 1. The van der Waals surface area contributed by atoms with Crippen molar-refractivity contribution in [2.45, 2.75) is 4.90 Å². The van der Waals surface area contributed by atoms with Gasteiger partial charge in [0.2, 0.25) is 5.82 Å². The van der Waals surface area contributed by atoms with Gasteiger partial charge in [0, 0.05) is 5.56 Å². The molecule has 7 nitrogen and oxygen atoms in total. The van der Waals surface area contributed by atoms with E-state index in [4.69, 9.17) is 9.30 Å². The summed E-state index contributed by atoms with van der Waals surface area (Å²) in [5, 5.41) is 3.69. The number of aromatic nitrogens is 2. The third kappa shape index (κ3) is 2.29. The minimum atomic E-state index is -3.25. The Labute approximate surface area is 104 Å². The highest BCUT2D eigenvalue weighted by atomic mass is 32.2. The average molecular weight is 266 g/mol. The molecule has 0 amide bonds. The lowest BCUT2D eigenvalue weighted by Crippen LogP contribution is -2.00. The Kier molecular flexibility index (Phi) is 3.21. The van der Waals surface area contributed by atoms with Crippen molar-refractivity contribution in [3.8, 4) is 11.4 Å². The summed E-state index contributed by atoms with van der Waals surface area (Å²) in [6, 6.07) is 6.43. The van der Waals surface area contributed by atoms with E-state index in [1.165, 1.54) is 19.2 Å². The molecular weight excluding hydrogens is 256 g/mol. The molecule has 0 saturated heterocycles. The van der Waals surface area contributed by atoms with E-state index in [0.717, 1.165) is 0 Å². The highest BCUT2D eigenvalue weighted by Gasteiger charge is 2.12. The Morgan fingerprint density at radius 2 is 2.33 bits per heavy atom. The molecule has 0 spiro atoms. The van der Waals surface area contributed by atoms with Crippen LogP contribution in [0.2, 0.25) is 0 Å². The molecule has 2 rings (SSSR count). The fraction of sp³-hybridized carbons (Fsp3) is 0.100. The minimum Gasteiger partial charge on any atom is -0.313 e. The second-order valence-corrected chi connectivity index (χ2v) is 5.07. The van der Waals surface area contributed by atoms with Crippen molar-refractivity contribution in [1.82, 2.24) is 10.1 Å². The Balaban J connectivity index is 2.47. The summed E-state index contributed by atoms with van der Waals surface area (Å²) >= 11 is 0. The number of hydrogen-bond donors (Lipinski definition) is 1. The van der Waals surface area contributed by atoms with Crippen molar-refractivity contribution in [1.29, 1.82) is 4.78 Å². The molecule has 0 saturated carbocycles. The van der Waals surface area contributed by atoms with Crippen molar-refractivity contribution in [2.75, 3.05) is 7.11 Å². The van der Waals surface area contributed by atoms with E-state index in [9.17, 15) is 4.21 Å². The monoisotopic (exact) mass is 266 g/mol. The van der Waals surface area contributed by atoms with Gasteiger partial charge in [0.15, 0.2) is 10.0 Å². The maximum Gasteiger partial charge on any atom is 0.347 e. The topological polar surface area (TPSA) is 101 Å². The van der Waals surface area contributed by atoms with E-state index in [1.807, 2.05) is 0 Å². The van der Waals surface area contributed by atoms with Gasteiger partial charge in [-0.3, -0.25) is 4.18 Å². The number of nitrogens with one attached hydrogen (secondary N) is 1. The zero-order valence-electron chi connectivity index (χ0n) is 9.49. The molecular formula is C10H10N4O3S. The van der Waals surface area contributed by atoms with Crippen LogP contribution in [-0.4, -0.2) is 28.2 Å². The van der Waals surface area contributed by atoms with Crippen LogP contribution in [0.3, 0.4) is 0 Å². The molecule has 1 heterocycles. The van der Waals surface area contributed by atoms with Crippen LogP contribution in [0, 0.1) is 4.78 Å². The fourth-order valence-electron chi connectivity index (χ4n) is 1.30. The van der Waals surface area contributed by atoms with Crippen LogP contribution in [0.1, 0.15) is 0 Å². The van der Waals surface area contributed by atoms with E-state index in [1.54, 1.807) is 12.1 Å². The molecule has 0 radical (unpaired) electrons. The summed E-state index contributed by atoms with van der Waals surface area (Å²) in [5.41, 5.74) is 0.558. The van der Waals surface area contributed by atoms with E-state index in [-0.39, 0.29) is 16.7 Å². The molecule has 2 aromatic rings. The number of hydrogen-bond acceptors (Lipinski definition) is 7. The van der Waals surface area contributed by atoms with Gasteiger partial charge < -0.3 is 4.52 Å². The highest BCUT2D eigenvalue weighted by Crippen LogP contribution is 2.22. The summed E-state index contributed by atoms with van der Waals surface area (Å²) in [6.07, 6.45) is 0. The van der Waals surface area contributed by atoms with Crippen molar-refractivity contribution < 1.29 is 12.9 Å². The van der Waals surface area contributed by atoms with Crippen LogP contribution in [0.25, 0.3) is 11.4 Å². The maximum atomic E-state index is 11.8.